The fourth-order valence-electron chi connectivity index (χ4n) is 5.31. The third-order valence-electron chi connectivity index (χ3n) is 7.13. The van der Waals surface area contributed by atoms with Crippen LogP contribution in [0.3, 0.4) is 0 Å². The minimum absolute atomic E-state index is 0.110. The Morgan fingerprint density at radius 3 is 2.51 bits per heavy atom. The van der Waals surface area contributed by atoms with E-state index < -0.39 is 23.4 Å². The van der Waals surface area contributed by atoms with Crippen molar-refractivity contribution in [2.75, 3.05) is 13.1 Å². The molecule has 9 heteroatoms. The number of hydrogen-bond donors (Lipinski definition) is 1. The summed E-state index contributed by atoms with van der Waals surface area (Å²) in [5, 5.41) is 2.94. The number of carbonyl (C=O) groups excluding carboxylic acids is 1. The molecule has 1 saturated carbocycles. The van der Waals surface area contributed by atoms with Crippen LogP contribution >= 0.6 is 0 Å². The highest BCUT2D eigenvalue weighted by atomic mass is 19.2. The summed E-state index contributed by atoms with van der Waals surface area (Å²) in [5.74, 6) is -1.55. The normalized spacial score (nSPS) is 22.7. The minimum atomic E-state index is -1.05. The van der Waals surface area contributed by atoms with Gasteiger partial charge in [-0.2, -0.15) is 0 Å². The minimum Gasteiger partial charge on any atom is -0.333 e. The van der Waals surface area contributed by atoms with Gasteiger partial charge < -0.3 is 5.32 Å². The predicted molar refractivity (Wildman–Crippen MR) is 127 cm³/mol. The quantitative estimate of drug-likeness (QED) is 0.613. The van der Waals surface area contributed by atoms with E-state index in [-0.39, 0.29) is 17.3 Å². The van der Waals surface area contributed by atoms with E-state index in [0.717, 1.165) is 61.0 Å². The number of hydrogen-bond acceptors (Lipinski definition) is 5. The lowest BCUT2D eigenvalue weighted by Crippen LogP contribution is -2.45. The number of amides is 1. The zero-order valence-corrected chi connectivity index (χ0v) is 19.2. The number of benzene rings is 1. The van der Waals surface area contributed by atoms with Crippen molar-refractivity contribution >= 4 is 6.03 Å². The molecule has 182 valence electrons. The van der Waals surface area contributed by atoms with Crippen molar-refractivity contribution in [1.82, 2.24) is 24.8 Å². The molecule has 1 unspecified atom stereocenters. The number of carbonyl (C=O) groups is 1. The average molecular weight is 480 g/mol. The van der Waals surface area contributed by atoms with Crippen LogP contribution in [0.2, 0.25) is 0 Å². The summed E-state index contributed by atoms with van der Waals surface area (Å²) in [6, 6.07) is 10.5. The van der Waals surface area contributed by atoms with Crippen molar-refractivity contribution in [2.24, 2.45) is 0 Å². The van der Waals surface area contributed by atoms with Gasteiger partial charge in [-0.3, -0.25) is 9.88 Å². The van der Waals surface area contributed by atoms with Gasteiger partial charge in [0, 0.05) is 54.7 Å². The average Bonchev–Trinajstić information content (AvgIpc) is 3.34. The van der Waals surface area contributed by atoms with Crippen molar-refractivity contribution in [3.8, 4) is 11.3 Å². The molecule has 1 atom stereocenters. The number of likely N-dealkylation sites (tertiary alicyclic amines) is 1. The Hall–Kier alpha value is -3.46. The van der Waals surface area contributed by atoms with Gasteiger partial charge in [0.05, 0.1) is 5.69 Å². The molecule has 2 aliphatic rings. The van der Waals surface area contributed by atoms with Crippen molar-refractivity contribution in [2.45, 2.75) is 50.1 Å². The van der Waals surface area contributed by atoms with Crippen molar-refractivity contribution < 1.29 is 13.6 Å². The number of nitrogens with one attached hydrogen (secondary N) is 1. The molecule has 35 heavy (non-hydrogen) atoms. The molecule has 0 spiro atoms. The van der Waals surface area contributed by atoms with Gasteiger partial charge in [-0.05, 0) is 68.5 Å². The van der Waals surface area contributed by atoms with E-state index in [1.54, 1.807) is 0 Å². The summed E-state index contributed by atoms with van der Waals surface area (Å²) in [6.07, 6.45) is 8.24. The standard InChI is InChI=1S/C26H27F2N5O2/c27-21-9-6-18(15-22(21)28)24-10-13-30-25(34)33(24)26(35)31-19-11-14-32(16-19)20-7-4-17(5-8-20)23-3-1-2-12-29-23/h1-3,6,9-10,12-13,15,17,19-20H,4-5,7-8,11,14,16H2,(H,31,35). The Labute approximate surface area is 201 Å². The van der Waals surface area contributed by atoms with Crippen LogP contribution in [0.15, 0.2) is 59.7 Å². The van der Waals surface area contributed by atoms with Gasteiger partial charge in [0.2, 0.25) is 0 Å². The molecule has 1 aliphatic heterocycles. The highest BCUT2D eigenvalue weighted by Crippen LogP contribution is 2.34. The van der Waals surface area contributed by atoms with Gasteiger partial charge in [0.25, 0.3) is 0 Å². The van der Waals surface area contributed by atoms with Gasteiger partial charge in [-0.1, -0.05) is 6.07 Å². The van der Waals surface area contributed by atoms with Crippen molar-refractivity contribution in [3.63, 3.8) is 0 Å². The molecule has 3 aromatic rings. The Morgan fingerprint density at radius 2 is 1.77 bits per heavy atom. The van der Waals surface area contributed by atoms with E-state index in [4.69, 9.17) is 0 Å². The van der Waals surface area contributed by atoms with Crippen LogP contribution in [0.1, 0.15) is 43.7 Å². The second-order valence-corrected chi connectivity index (χ2v) is 9.27. The van der Waals surface area contributed by atoms with Crippen LogP contribution in [-0.2, 0) is 0 Å². The Balaban J connectivity index is 1.23. The summed E-state index contributed by atoms with van der Waals surface area (Å²) >= 11 is 0. The molecule has 0 radical (unpaired) electrons. The third kappa shape index (κ3) is 5.00. The second kappa shape index (κ2) is 10.0. The predicted octanol–water partition coefficient (Wildman–Crippen LogP) is 3.94. The van der Waals surface area contributed by atoms with Crippen LogP contribution in [-0.4, -0.2) is 50.6 Å². The van der Waals surface area contributed by atoms with E-state index in [9.17, 15) is 18.4 Å². The first-order valence-electron chi connectivity index (χ1n) is 12.0. The van der Waals surface area contributed by atoms with Crippen molar-refractivity contribution in [3.05, 3.63) is 82.7 Å². The monoisotopic (exact) mass is 479 g/mol. The second-order valence-electron chi connectivity index (χ2n) is 9.27. The summed E-state index contributed by atoms with van der Waals surface area (Å²) in [5.41, 5.74) is 0.768. The fraction of sp³-hybridized carbons (Fsp3) is 0.385. The first kappa shape index (κ1) is 23.3. The van der Waals surface area contributed by atoms with Crippen molar-refractivity contribution in [1.29, 1.82) is 0 Å². The largest absolute Gasteiger partial charge is 0.356 e. The summed E-state index contributed by atoms with van der Waals surface area (Å²) in [4.78, 5) is 36.1. The first-order chi connectivity index (χ1) is 17.0. The first-order valence-corrected chi connectivity index (χ1v) is 12.0. The molecule has 7 nitrogen and oxygen atoms in total. The Morgan fingerprint density at radius 1 is 0.943 bits per heavy atom. The lowest BCUT2D eigenvalue weighted by molar-refractivity contribution is 0.177. The fourth-order valence-corrected chi connectivity index (χ4v) is 5.31. The number of halogens is 2. The van der Waals surface area contributed by atoms with Crippen LogP contribution < -0.4 is 11.0 Å². The SMILES string of the molecule is O=C(NC1CCN(C2CCC(c3ccccn3)CC2)C1)n1c(-c2ccc(F)c(F)c2)ccnc1=O. The molecule has 5 rings (SSSR count). The molecule has 1 aliphatic carbocycles. The highest BCUT2D eigenvalue weighted by molar-refractivity contribution is 5.82. The lowest BCUT2D eigenvalue weighted by atomic mass is 9.83. The number of pyridine rings is 1. The van der Waals surface area contributed by atoms with E-state index >= 15 is 0 Å². The number of nitrogens with zero attached hydrogens (tertiary/aromatic N) is 4. The molecular weight excluding hydrogens is 452 g/mol. The van der Waals surface area contributed by atoms with Crippen LogP contribution in [0.25, 0.3) is 11.3 Å². The topological polar surface area (TPSA) is 80.1 Å². The van der Waals surface area contributed by atoms with Crippen LogP contribution in [0, 0.1) is 11.6 Å². The Kier molecular flexibility index (Phi) is 6.68. The van der Waals surface area contributed by atoms with E-state index in [2.05, 4.69) is 26.3 Å². The summed E-state index contributed by atoms with van der Waals surface area (Å²) < 4.78 is 28.0. The molecule has 1 amide bonds. The molecule has 1 N–H and O–H groups in total. The summed E-state index contributed by atoms with van der Waals surface area (Å²) in [6.45, 7) is 1.59. The van der Waals surface area contributed by atoms with Gasteiger partial charge in [0.1, 0.15) is 0 Å². The Bertz CT molecular complexity index is 1260. The smallest absolute Gasteiger partial charge is 0.333 e. The third-order valence-corrected chi connectivity index (χ3v) is 7.13. The number of rotatable bonds is 4. The zero-order valence-electron chi connectivity index (χ0n) is 19.2. The molecule has 3 heterocycles. The zero-order chi connectivity index (χ0) is 24.4. The lowest BCUT2D eigenvalue weighted by Gasteiger charge is -2.34. The molecule has 2 aromatic heterocycles. The van der Waals surface area contributed by atoms with E-state index in [1.165, 1.54) is 18.3 Å². The maximum absolute atomic E-state index is 13.8. The molecule has 1 saturated heterocycles. The molecule has 2 fully saturated rings. The number of aromatic nitrogens is 3. The van der Waals surface area contributed by atoms with E-state index in [1.807, 2.05) is 18.3 Å². The van der Waals surface area contributed by atoms with Crippen LogP contribution in [0.4, 0.5) is 13.6 Å². The van der Waals surface area contributed by atoms with Gasteiger partial charge in [-0.25, -0.2) is 27.9 Å². The van der Waals surface area contributed by atoms with E-state index in [0.29, 0.717) is 18.5 Å². The van der Waals surface area contributed by atoms with Gasteiger partial charge >= 0.3 is 11.7 Å². The maximum Gasteiger partial charge on any atom is 0.356 e. The summed E-state index contributed by atoms with van der Waals surface area (Å²) in [7, 11) is 0. The van der Waals surface area contributed by atoms with Gasteiger partial charge in [-0.15, -0.1) is 0 Å². The maximum atomic E-state index is 13.8. The van der Waals surface area contributed by atoms with Crippen LogP contribution in [0.5, 0.6) is 0 Å². The molecule has 0 bridgehead atoms. The van der Waals surface area contributed by atoms with Gasteiger partial charge in [0.15, 0.2) is 11.6 Å². The molecule has 1 aromatic carbocycles. The highest BCUT2D eigenvalue weighted by Gasteiger charge is 2.33. The molecular formula is C26H27F2N5O2.